The molecule has 1 aliphatic rings. The van der Waals surface area contributed by atoms with Crippen molar-refractivity contribution < 1.29 is 13.5 Å². The molecule has 1 saturated carbocycles. The molecule has 0 bridgehead atoms. The summed E-state index contributed by atoms with van der Waals surface area (Å²) in [7, 11) is -3.44. The number of rotatable bonds is 5. The van der Waals surface area contributed by atoms with Crippen molar-refractivity contribution >= 4 is 10.0 Å². The average molecular weight is 255 g/mol. The van der Waals surface area contributed by atoms with Crippen LogP contribution in [0.3, 0.4) is 0 Å². The molecule has 4 nitrogen and oxygen atoms in total. The zero-order valence-corrected chi connectivity index (χ0v) is 10.6. The molecule has 0 aliphatic heterocycles. The third kappa shape index (κ3) is 2.86. The van der Waals surface area contributed by atoms with Crippen LogP contribution in [-0.4, -0.2) is 20.1 Å². The van der Waals surface area contributed by atoms with Crippen LogP contribution in [0.4, 0.5) is 0 Å². The quantitative estimate of drug-likeness (QED) is 0.830. The van der Waals surface area contributed by atoms with Crippen molar-refractivity contribution in [1.82, 2.24) is 4.72 Å². The molecule has 2 rings (SSSR count). The summed E-state index contributed by atoms with van der Waals surface area (Å²) in [5.74, 6) is 0.506. The van der Waals surface area contributed by atoms with E-state index in [-0.39, 0.29) is 11.5 Å². The first kappa shape index (κ1) is 12.5. The first-order chi connectivity index (χ1) is 8.04. The fraction of sp³-hybridized carbons (Fsp3) is 0.500. The SMILES string of the molecule is Cc1c(CO)cccc1S(=O)(=O)NCC1CC1. The highest BCUT2D eigenvalue weighted by Crippen LogP contribution is 2.28. The van der Waals surface area contributed by atoms with E-state index in [0.717, 1.165) is 12.8 Å². The monoisotopic (exact) mass is 255 g/mol. The van der Waals surface area contributed by atoms with Gasteiger partial charge in [-0.25, -0.2) is 13.1 Å². The predicted molar refractivity (Wildman–Crippen MR) is 65.0 cm³/mol. The maximum Gasteiger partial charge on any atom is 0.240 e. The average Bonchev–Trinajstić information content (AvgIpc) is 3.10. The minimum Gasteiger partial charge on any atom is -0.392 e. The fourth-order valence-electron chi connectivity index (χ4n) is 1.75. The first-order valence-corrected chi connectivity index (χ1v) is 7.22. The molecule has 2 N–H and O–H groups in total. The lowest BCUT2D eigenvalue weighted by Gasteiger charge is -2.11. The minimum absolute atomic E-state index is 0.141. The lowest BCUT2D eigenvalue weighted by Crippen LogP contribution is -2.26. The Labute approximate surface area is 102 Å². The normalized spacial score (nSPS) is 16.1. The minimum atomic E-state index is -3.44. The number of sulfonamides is 1. The third-order valence-corrected chi connectivity index (χ3v) is 4.68. The van der Waals surface area contributed by atoms with Gasteiger partial charge in [-0.05, 0) is 42.9 Å². The zero-order chi connectivity index (χ0) is 12.5. The summed E-state index contributed by atoms with van der Waals surface area (Å²) in [6.45, 7) is 2.10. The van der Waals surface area contributed by atoms with E-state index < -0.39 is 10.0 Å². The summed E-state index contributed by atoms with van der Waals surface area (Å²) in [5, 5.41) is 9.12. The highest BCUT2D eigenvalue weighted by molar-refractivity contribution is 7.89. The summed E-state index contributed by atoms with van der Waals surface area (Å²) in [6, 6.07) is 4.96. The van der Waals surface area contributed by atoms with Crippen molar-refractivity contribution in [2.24, 2.45) is 5.92 Å². The molecule has 0 spiro atoms. The summed E-state index contributed by atoms with van der Waals surface area (Å²) >= 11 is 0. The molecular weight excluding hydrogens is 238 g/mol. The van der Waals surface area contributed by atoms with Crippen LogP contribution in [0.25, 0.3) is 0 Å². The number of aliphatic hydroxyl groups is 1. The number of hydrogen-bond acceptors (Lipinski definition) is 3. The van der Waals surface area contributed by atoms with Crippen LogP contribution in [0.1, 0.15) is 24.0 Å². The summed E-state index contributed by atoms with van der Waals surface area (Å²) in [4.78, 5) is 0.268. The largest absolute Gasteiger partial charge is 0.392 e. The smallest absolute Gasteiger partial charge is 0.240 e. The van der Waals surface area contributed by atoms with E-state index in [1.54, 1.807) is 25.1 Å². The van der Waals surface area contributed by atoms with E-state index in [0.29, 0.717) is 23.6 Å². The first-order valence-electron chi connectivity index (χ1n) is 5.73. The van der Waals surface area contributed by atoms with Crippen LogP contribution in [0.15, 0.2) is 23.1 Å². The molecule has 1 aromatic rings. The summed E-state index contributed by atoms with van der Waals surface area (Å²) in [5.41, 5.74) is 1.28. The van der Waals surface area contributed by atoms with E-state index in [2.05, 4.69) is 4.72 Å². The van der Waals surface area contributed by atoms with Gasteiger partial charge in [-0.1, -0.05) is 12.1 Å². The Morgan fingerprint density at radius 2 is 2.12 bits per heavy atom. The van der Waals surface area contributed by atoms with Crippen LogP contribution in [0.5, 0.6) is 0 Å². The van der Waals surface area contributed by atoms with Gasteiger partial charge in [0, 0.05) is 6.54 Å². The van der Waals surface area contributed by atoms with Gasteiger partial charge in [-0.2, -0.15) is 0 Å². The lowest BCUT2D eigenvalue weighted by molar-refractivity contribution is 0.280. The van der Waals surface area contributed by atoms with E-state index in [9.17, 15) is 8.42 Å². The third-order valence-electron chi connectivity index (χ3n) is 3.12. The number of aliphatic hydroxyl groups excluding tert-OH is 1. The molecule has 5 heteroatoms. The molecule has 0 saturated heterocycles. The highest BCUT2D eigenvalue weighted by Gasteiger charge is 2.25. The lowest BCUT2D eigenvalue weighted by atomic mass is 10.1. The van der Waals surface area contributed by atoms with Crippen LogP contribution < -0.4 is 4.72 Å². The fourth-order valence-corrected chi connectivity index (χ4v) is 3.15. The molecule has 0 radical (unpaired) electrons. The Morgan fingerprint density at radius 3 is 2.71 bits per heavy atom. The Kier molecular flexibility index (Phi) is 3.51. The Balaban J connectivity index is 2.24. The van der Waals surface area contributed by atoms with Gasteiger partial charge >= 0.3 is 0 Å². The maximum atomic E-state index is 12.1. The number of hydrogen-bond donors (Lipinski definition) is 2. The van der Waals surface area contributed by atoms with Gasteiger partial charge in [0.2, 0.25) is 10.0 Å². The summed E-state index contributed by atoms with van der Waals surface area (Å²) < 4.78 is 26.7. The van der Waals surface area contributed by atoms with Crippen LogP contribution in [0.2, 0.25) is 0 Å². The van der Waals surface area contributed by atoms with Gasteiger partial charge in [0.1, 0.15) is 0 Å². The second-order valence-corrected chi connectivity index (χ2v) is 6.23. The van der Waals surface area contributed by atoms with Gasteiger partial charge < -0.3 is 5.11 Å². The molecule has 1 aliphatic carbocycles. The van der Waals surface area contributed by atoms with Crippen molar-refractivity contribution in [3.8, 4) is 0 Å². The van der Waals surface area contributed by atoms with Crippen LogP contribution in [0, 0.1) is 12.8 Å². The molecule has 94 valence electrons. The Morgan fingerprint density at radius 1 is 1.41 bits per heavy atom. The second-order valence-electron chi connectivity index (χ2n) is 4.49. The molecule has 17 heavy (non-hydrogen) atoms. The predicted octanol–water partition coefficient (Wildman–Crippen LogP) is 1.18. The molecule has 0 atom stereocenters. The van der Waals surface area contributed by atoms with Crippen molar-refractivity contribution in [1.29, 1.82) is 0 Å². The molecule has 0 heterocycles. The second kappa shape index (κ2) is 4.76. The molecule has 1 aromatic carbocycles. The van der Waals surface area contributed by atoms with Gasteiger partial charge in [0.05, 0.1) is 11.5 Å². The van der Waals surface area contributed by atoms with Crippen LogP contribution in [-0.2, 0) is 16.6 Å². The highest BCUT2D eigenvalue weighted by atomic mass is 32.2. The van der Waals surface area contributed by atoms with E-state index in [4.69, 9.17) is 5.11 Å². The number of nitrogens with one attached hydrogen (secondary N) is 1. The molecule has 0 amide bonds. The van der Waals surface area contributed by atoms with E-state index in [1.807, 2.05) is 0 Å². The van der Waals surface area contributed by atoms with Crippen molar-refractivity contribution in [2.75, 3.05) is 6.54 Å². The van der Waals surface area contributed by atoms with Gasteiger partial charge in [-0.15, -0.1) is 0 Å². The molecule has 1 fully saturated rings. The van der Waals surface area contributed by atoms with Crippen molar-refractivity contribution in [3.05, 3.63) is 29.3 Å². The van der Waals surface area contributed by atoms with Gasteiger partial charge in [-0.3, -0.25) is 0 Å². The van der Waals surface area contributed by atoms with E-state index in [1.165, 1.54) is 0 Å². The maximum absolute atomic E-state index is 12.1. The van der Waals surface area contributed by atoms with Gasteiger partial charge in [0.25, 0.3) is 0 Å². The summed E-state index contributed by atoms with van der Waals surface area (Å²) in [6.07, 6.45) is 2.22. The Hall–Kier alpha value is -0.910. The standard InChI is InChI=1S/C12H17NO3S/c1-9-11(8-14)3-2-4-12(9)17(15,16)13-7-10-5-6-10/h2-4,10,13-14H,5-8H2,1H3. The molecular formula is C12H17NO3S. The van der Waals surface area contributed by atoms with Crippen molar-refractivity contribution in [3.63, 3.8) is 0 Å². The molecule has 0 aromatic heterocycles. The van der Waals surface area contributed by atoms with E-state index >= 15 is 0 Å². The van der Waals surface area contributed by atoms with Crippen molar-refractivity contribution in [2.45, 2.75) is 31.3 Å². The Bertz CT molecular complexity index is 506. The van der Waals surface area contributed by atoms with Crippen LogP contribution >= 0.6 is 0 Å². The molecule has 0 unspecified atom stereocenters. The van der Waals surface area contributed by atoms with Gasteiger partial charge in [0.15, 0.2) is 0 Å². The zero-order valence-electron chi connectivity index (χ0n) is 9.81. The topological polar surface area (TPSA) is 66.4 Å². The number of benzene rings is 1.